The molecule has 2 aromatic rings. The summed E-state index contributed by atoms with van der Waals surface area (Å²) in [6.45, 7) is 0. The lowest BCUT2D eigenvalue weighted by atomic mass is 9.94. The minimum absolute atomic E-state index is 0.0418. The highest BCUT2D eigenvalue weighted by atomic mass is 32.2. The van der Waals surface area contributed by atoms with Gasteiger partial charge in [-0.2, -0.15) is 0 Å². The molecule has 4 nitrogen and oxygen atoms in total. The van der Waals surface area contributed by atoms with Gasteiger partial charge in [-0.1, -0.05) is 50.7 Å². The molecule has 3 aliphatic rings. The first kappa shape index (κ1) is 21.5. The van der Waals surface area contributed by atoms with Crippen molar-refractivity contribution < 1.29 is 13.6 Å². The highest BCUT2D eigenvalue weighted by Gasteiger charge is 2.39. The maximum Gasteiger partial charge on any atom is 0.267 e. The number of benzene rings is 1. The van der Waals surface area contributed by atoms with Crippen molar-refractivity contribution >= 4 is 28.9 Å². The van der Waals surface area contributed by atoms with Crippen LogP contribution in [-0.4, -0.2) is 28.1 Å². The van der Waals surface area contributed by atoms with Crippen molar-refractivity contribution in [1.82, 2.24) is 4.90 Å². The molecule has 1 aromatic carbocycles. The van der Waals surface area contributed by atoms with E-state index in [9.17, 15) is 9.18 Å². The van der Waals surface area contributed by atoms with Crippen LogP contribution >= 0.6 is 11.8 Å². The SMILES string of the molecule is O=C1/C(=C/c2ccc(-c3cccc(F)c3)o2)SC(=NC2CCCCC2)N1C1CCCCC1. The molecule has 0 unspecified atom stereocenters. The molecule has 6 heteroatoms. The van der Waals surface area contributed by atoms with Crippen LogP contribution in [0.15, 0.2) is 50.7 Å². The van der Waals surface area contributed by atoms with Gasteiger partial charge in [-0.25, -0.2) is 4.39 Å². The molecular weight excluding hydrogens is 423 g/mol. The van der Waals surface area contributed by atoms with Crippen molar-refractivity contribution in [2.24, 2.45) is 4.99 Å². The Morgan fingerprint density at radius 3 is 2.50 bits per heavy atom. The summed E-state index contributed by atoms with van der Waals surface area (Å²) in [5.74, 6) is 0.932. The lowest BCUT2D eigenvalue weighted by molar-refractivity contribution is -0.124. The van der Waals surface area contributed by atoms with Crippen molar-refractivity contribution in [3.8, 4) is 11.3 Å². The second-order valence-corrected chi connectivity index (χ2v) is 10.0. The number of amidine groups is 1. The van der Waals surface area contributed by atoms with Crippen molar-refractivity contribution in [1.29, 1.82) is 0 Å². The summed E-state index contributed by atoms with van der Waals surface area (Å²) in [6, 6.07) is 10.6. The fourth-order valence-electron chi connectivity index (χ4n) is 4.96. The highest BCUT2D eigenvalue weighted by Crippen LogP contribution is 2.39. The van der Waals surface area contributed by atoms with E-state index in [1.807, 2.05) is 29.2 Å². The molecular formula is C26H29FN2O2S. The second kappa shape index (κ2) is 9.65. The van der Waals surface area contributed by atoms with Gasteiger partial charge in [0.15, 0.2) is 5.17 Å². The van der Waals surface area contributed by atoms with Crippen molar-refractivity contribution in [2.45, 2.75) is 76.3 Å². The van der Waals surface area contributed by atoms with E-state index in [1.54, 1.807) is 6.07 Å². The molecule has 32 heavy (non-hydrogen) atoms. The highest BCUT2D eigenvalue weighted by molar-refractivity contribution is 8.18. The van der Waals surface area contributed by atoms with Crippen LogP contribution in [0.1, 0.15) is 70.0 Å². The predicted octanol–water partition coefficient (Wildman–Crippen LogP) is 7.02. The fourth-order valence-corrected chi connectivity index (χ4v) is 6.05. The zero-order valence-corrected chi connectivity index (χ0v) is 19.1. The molecule has 168 valence electrons. The number of carbonyl (C=O) groups excluding carboxylic acids is 1. The number of amides is 1. The molecule has 1 saturated heterocycles. The van der Waals surface area contributed by atoms with Gasteiger partial charge in [-0.3, -0.25) is 14.7 Å². The van der Waals surface area contributed by atoms with Gasteiger partial charge in [0.1, 0.15) is 17.3 Å². The summed E-state index contributed by atoms with van der Waals surface area (Å²) in [4.78, 5) is 21.1. The number of nitrogens with zero attached hydrogens (tertiary/aromatic N) is 2. The van der Waals surface area contributed by atoms with Crippen LogP contribution in [0.3, 0.4) is 0 Å². The van der Waals surface area contributed by atoms with E-state index in [2.05, 4.69) is 0 Å². The lowest BCUT2D eigenvalue weighted by Gasteiger charge is -2.31. The number of furan rings is 1. The van der Waals surface area contributed by atoms with E-state index in [4.69, 9.17) is 9.41 Å². The van der Waals surface area contributed by atoms with Gasteiger partial charge in [0.2, 0.25) is 0 Å². The molecule has 1 aliphatic heterocycles. The summed E-state index contributed by atoms with van der Waals surface area (Å²) in [5.41, 5.74) is 0.684. The van der Waals surface area contributed by atoms with E-state index < -0.39 is 0 Å². The summed E-state index contributed by atoms with van der Waals surface area (Å²) < 4.78 is 19.5. The molecule has 0 N–H and O–H groups in total. The van der Waals surface area contributed by atoms with E-state index in [1.165, 1.54) is 62.4 Å². The maximum atomic E-state index is 13.6. The summed E-state index contributed by atoms with van der Waals surface area (Å²) >= 11 is 1.48. The van der Waals surface area contributed by atoms with Gasteiger partial charge >= 0.3 is 0 Å². The molecule has 5 rings (SSSR count). The molecule has 2 heterocycles. The first-order chi connectivity index (χ1) is 15.7. The van der Waals surface area contributed by atoms with Gasteiger partial charge in [-0.15, -0.1) is 0 Å². The zero-order chi connectivity index (χ0) is 21.9. The Balaban J connectivity index is 1.42. The summed E-state index contributed by atoms with van der Waals surface area (Å²) in [6.07, 6.45) is 13.5. The minimum atomic E-state index is -0.299. The number of rotatable bonds is 4. The molecule has 0 spiro atoms. The first-order valence-electron chi connectivity index (χ1n) is 11.8. The Hall–Kier alpha value is -2.34. The van der Waals surface area contributed by atoms with Crippen LogP contribution in [0.4, 0.5) is 4.39 Å². The number of carbonyl (C=O) groups is 1. The van der Waals surface area contributed by atoms with Gasteiger partial charge in [-0.05, 0) is 61.7 Å². The minimum Gasteiger partial charge on any atom is -0.457 e. The number of halogens is 1. The van der Waals surface area contributed by atoms with E-state index in [-0.39, 0.29) is 17.8 Å². The Bertz CT molecular complexity index is 1030. The molecule has 0 atom stereocenters. The van der Waals surface area contributed by atoms with Crippen molar-refractivity contribution in [3.05, 3.63) is 52.9 Å². The van der Waals surface area contributed by atoms with Gasteiger partial charge in [0.25, 0.3) is 5.91 Å². The smallest absolute Gasteiger partial charge is 0.267 e. The monoisotopic (exact) mass is 452 g/mol. The Morgan fingerprint density at radius 1 is 1.00 bits per heavy atom. The number of hydrogen-bond acceptors (Lipinski definition) is 4. The van der Waals surface area contributed by atoms with Crippen LogP contribution in [0, 0.1) is 5.82 Å². The number of thioether (sulfide) groups is 1. The van der Waals surface area contributed by atoms with Crippen molar-refractivity contribution in [3.63, 3.8) is 0 Å². The third-order valence-electron chi connectivity index (χ3n) is 6.65. The lowest BCUT2D eigenvalue weighted by Crippen LogP contribution is -2.41. The standard InChI is InChI=1S/C26H29FN2O2S/c27-19-9-7-8-18(16-19)23-15-14-22(31-23)17-24-25(30)29(21-12-5-2-6-13-21)26(32-24)28-20-10-3-1-4-11-20/h7-9,14-17,20-21H,1-6,10-13H2/b24-17-,28-26?. The second-order valence-electron chi connectivity index (χ2n) is 8.99. The Labute approximate surface area is 193 Å². The topological polar surface area (TPSA) is 45.8 Å². The number of aliphatic imine (C=N–C) groups is 1. The fraction of sp³-hybridized carbons (Fsp3) is 0.462. The quantitative estimate of drug-likeness (QED) is 0.468. The average molecular weight is 453 g/mol. The summed E-state index contributed by atoms with van der Waals surface area (Å²) in [5, 5.41) is 0.872. The normalized spacial score (nSPS) is 23.5. The maximum absolute atomic E-state index is 13.6. The molecule has 0 bridgehead atoms. The van der Waals surface area contributed by atoms with Crippen LogP contribution in [0.5, 0.6) is 0 Å². The average Bonchev–Trinajstić information content (AvgIpc) is 3.40. The van der Waals surface area contributed by atoms with Crippen LogP contribution in [-0.2, 0) is 4.79 Å². The van der Waals surface area contributed by atoms with Crippen LogP contribution in [0.25, 0.3) is 17.4 Å². The van der Waals surface area contributed by atoms with Crippen LogP contribution in [0.2, 0.25) is 0 Å². The summed E-state index contributed by atoms with van der Waals surface area (Å²) in [7, 11) is 0. The molecule has 2 aliphatic carbocycles. The molecule has 1 aromatic heterocycles. The largest absolute Gasteiger partial charge is 0.457 e. The molecule has 2 saturated carbocycles. The predicted molar refractivity (Wildman–Crippen MR) is 128 cm³/mol. The van der Waals surface area contributed by atoms with Crippen LogP contribution < -0.4 is 0 Å². The Kier molecular flexibility index (Phi) is 6.49. The first-order valence-corrected chi connectivity index (χ1v) is 12.7. The zero-order valence-electron chi connectivity index (χ0n) is 18.3. The van der Waals surface area contributed by atoms with Gasteiger partial charge in [0.05, 0.1) is 10.9 Å². The number of hydrogen-bond donors (Lipinski definition) is 0. The third kappa shape index (κ3) is 4.70. The molecule has 1 amide bonds. The van der Waals surface area contributed by atoms with Crippen molar-refractivity contribution in [2.75, 3.05) is 0 Å². The van der Waals surface area contributed by atoms with E-state index in [0.717, 1.165) is 30.9 Å². The van der Waals surface area contributed by atoms with Gasteiger partial charge in [0, 0.05) is 17.7 Å². The third-order valence-corrected chi connectivity index (χ3v) is 7.65. The van der Waals surface area contributed by atoms with E-state index in [0.29, 0.717) is 28.0 Å². The molecule has 0 radical (unpaired) electrons. The van der Waals surface area contributed by atoms with Gasteiger partial charge < -0.3 is 4.42 Å². The van der Waals surface area contributed by atoms with E-state index >= 15 is 0 Å². The molecule has 3 fully saturated rings. The Morgan fingerprint density at radius 2 is 1.75 bits per heavy atom.